The maximum atomic E-state index is 11.5. The summed E-state index contributed by atoms with van der Waals surface area (Å²) >= 11 is 3.21. The molecule has 0 bridgehead atoms. The van der Waals surface area contributed by atoms with Crippen LogP contribution in [0.2, 0.25) is 0 Å². The molecule has 16 heavy (non-hydrogen) atoms. The molecule has 1 unspecified atom stereocenters. The molecule has 0 spiro atoms. The summed E-state index contributed by atoms with van der Waals surface area (Å²) in [5, 5.41) is 2.78. The Bertz CT molecular complexity index is 527. The molecule has 0 radical (unpaired) electrons. The second kappa shape index (κ2) is 4.57. The van der Waals surface area contributed by atoms with Crippen molar-refractivity contribution in [2.24, 2.45) is 0 Å². The topological polar surface area (TPSA) is 54.9 Å². The van der Waals surface area contributed by atoms with Gasteiger partial charge in [0, 0.05) is 18.1 Å². The number of alkyl halides is 1. The number of carbonyl (C=O) groups is 1. The van der Waals surface area contributed by atoms with Gasteiger partial charge in [0.25, 0.3) is 0 Å². The Kier molecular flexibility index (Phi) is 3.14. The third-order valence-electron chi connectivity index (χ3n) is 2.10. The molecule has 2 aromatic rings. The number of fused-ring (bicyclic) bond motifs is 1. The minimum absolute atomic E-state index is 0.0803. The largest absolute Gasteiger partial charge is 0.325 e. The van der Waals surface area contributed by atoms with Gasteiger partial charge in [-0.2, -0.15) is 0 Å². The maximum Gasteiger partial charge on any atom is 0.237 e. The number of amides is 1. The number of anilines is 1. The second-order valence-corrected chi connectivity index (χ2v) is 4.74. The molecule has 0 aliphatic rings. The Morgan fingerprint density at radius 3 is 2.69 bits per heavy atom. The fraction of sp³-hybridized carbons (Fsp3) is 0.182. The highest BCUT2D eigenvalue weighted by molar-refractivity contribution is 9.10. The van der Waals surface area contributed by atoms with Crippen LogP contribution in [-0.4, -0.2) is 20.7 Å². The smallest absolute Gasteiger partial charge is 0.237 e. The van der Waals surface area contributed by atoms with Crippen molar-refractivity contribution >= 4 is 38.6 Å². The number of halogens is 1. The van der Waals surface area contributed by atoms with Crippen LogP contribution in [0.3, 0.4) is 0 Å². The van der Waals surface area contributed by atoms with Crippen molar-refractivity contribution in [1.29, 1.82) is 0 Å². The Hall–Kier alpha value is -1.49. The number of aromatic nitrogens is 2. The summed E-state index contributed by atoms with van der Waals surface area (Å²) in [7, 11) is 0. The highest BCUT2D eigenvalue weighted by atomic mass is 79.9. The minimum Gasteiger partial charge on any atom is -0.325 e. The fourth-order valence-electron chi connectivity index (χ4n) is 1.28. The summed E-state index contributed by atoms with van der Waals surface area (Å²) in [6.07, 6.45) is 3.27. The maximum absolute atomic E-state index is 11.5. The SMILES string of the molecule is CC(Br)C(=O)Nc1ccc2nccnc2c1. The lowest BCUT2D eigenvalue weighted by molar-refractivity contribution is -0.115. The van der Waals surface area contributed by atoms with Crippen LogP contribution in [0.1, 0.15) is 6.92 Å². The molecule has 0 saturated carbocycles. The normalized spacial score (nSPS) is 12.4. The highest BCUT2D eigenvalue weighted by Gasteiger charge is 2.08. The van der Waals surface area contributed by atoms with Crippen molar-refractivity contribution in [2.75, 3.05) is 5.32 Å². The van der Waals surface area contributed by atoms with Crippen LogP contribution in [0.4, 0.5) is 5.69 Å². The van der Waals surface area contributed by atoms with E-state index in [1.165, 1.54) is 0 Å². The molecule has 2 rings (SSSR count). The van der Waals surface area contributed by atoms with Crippen molar-refractivity contribution in [3.63, 3.8) is 0 Å². The first-order valence-corrected chi connectivity index (χ1v) is 5.74. The number of carbonyl (C=O) groups excluding carboxylic acids is 1. The number of rotatable bonds is 2. The van der Waals surface area contributed by atoms with Gasteiger partial charge in [0.1, 0.15) is 0 Å². The zero-order chi connectivity index (χ0) is 11.5. The van der Waals surface area contributed by atoms with E-state index in [2.05, 4.69) is 31.2 Å². The van der Waals surface area contributed by atoms with E-state index in [1.807, 2.05) is 12.1 Å². The molecule has 5 heteroatoms. The lowest BCUT2D eigenvalue weighted by atomic mass is 10.2. The first kappa shape index (κ1) is 11.0. The molecule has 1 N–H and O–H groups in total. The minimum atomic E-state index is -0.218. The third kappa shape index (κ3) is 2.36. The Labute approximate surface area is 101 Å². The van der Waals surface area contributed by atoms with Crippen molar-refractivity contribution in [1.82, 2.24) is 9.97 Å². The number of nitrogens with one attached hydrogen (secondary N) is 1. The van der Waals surface area contributed by atoms with Crippen molar-refractivity contribution < 1.29 is 4.79 Å². The van der Waals surface area contributed by atoms with Gasteiger partial charge in [0.05, 0.1) is 15.9 Å². The van der Waals surface area contributed by atoms with Crippen molar-refractivity contribution in [3.05, 3.63) is 30.6 Å². The van der Waals surface area contributed by atoms with Gasteiger partial charge in [0.15, 0.2) is 0 Å². The average Bonchev–Trinajstić information content (AvgIpc) is 2.28. The van der Waals surface area contributed by atoms with Crippen molar-refractivity contribution in [3.8, 4) is 0 Å². The zero-order valence-corrected chi connectivity index (χ0v) is 10.2. The lowest BCUT2D eigenvalue weighted by Crippen LogP contribution is -2.19. The first-order valence-electron chi connectivity index (χ1n) is 4.82. The van der Waals surface area contributed by atoms with Crippen LogP contribution in [-0.2, 0) is 4.79 Å². The Morgan fingerprint density at radius 2 is 2.00 bits per heavy atom. The third-order valence-corrected chi connectivity index (χ3v) is 2.51. The van der Waals surface area contributed by atoms with E-state index < -0.39 is 0 Å². The number of benzene rings is 1. The van der Waals surface area contributed by atoms with E-state index in [-0.39, 0.29) is 10.7 Å². The predicted octanol–water partition coefficient (Wildman–Crippen LogP) is 2.35. The Balaban J connectivity index is 2.29. The summed E-state index contributed by atoms with van der Waals surface area (Å²) in [6, 6.07) is 5.44. The number of nitrogens with zero attached hydrogens (tertiary/aromatic N) is 2. The molecule has 0 aliphatic carbocycles. The molecule has 0 fully saturated rings. The quantitative estimate of drug-likeness (QED) is 0.859. The summed E-state index contributed by atoms with van der Waals surface area (Å²) < 4.78 is 0. The lowest BCUT2D eigenvalue weighted by Gasteiger charge is -2.06. The van der Waals surface area contributed by atoms with Gasteiger partial charge in [0.2, 0.25) is 5.91 Å². The zero-order valence-electron chi connectivity index (χ0n) is 8.64. The summed E-state index contributed by atoms with van der Waals surface area (Å²) in [5.74, 6) is -0.0803. The van der Waals surface area contributed by atoms with E-state index in [9.17, 15) is 4.79 Å². The van der Waals surface area contributed by atoms with Gasteiger partial charge >= 0.3 is 0 Å². The van der Waals surface area contributed by atoms with E-state index >= 15 is 0 Å². The van der Waals surface area contributed by atoms with Gasteiger partial charge in [-0.1, -0.05) is 15.9 Å². The Morgan fingerprint density at radius 1 is 1.31 bits per heavy atom. The molecule has 1 heterocycles. The molecule has 1 amide bonds. The van der Waals surface area contributed by atoms with Crippen LogP contribution < -0.4 is 5.32 Å². The molecular formula is C11H10BrN3O. The van der Waals surface area contributed by atoms with Gasteiger partial charge in [-0.05, 0) is 25.1 Å². The standard InChI is InChI=1S/C11H10BrN3O/c1-7(12)11(16)15-8-2-3-9-10(6-8)14-5-4-13-9/h2-7H,1H3,(H,15,16). The second-order valence-electron chi connectivity index (χ2n) is 3.37. The van der Waals surface area contributed by atoms with Crippen molar-refractivity contribution in [2.45, 2.75) is 11.8 Å². The van der Waals surface area contributed by atoms with Crippen LogP contribution >= 0.6 is 15.9 Å². The average molecular weight is 280 g/mol. The predicted molar refractivity (Wildman–Crippen MR) is 66.6 cm³/mol. The van der Waals surface area contributed by atoms with E-state index in [0.29, 0.717) is 0 Å². The van der Waals surface area contributed by atoms with Gasteiger partial charge in [-0.15, -0.1) is 0 Å². The number of hydrogen-bond acceptors (Lipinski definition) is 3. The molecule has 0 saturated heterocycles. The highest BCUT2D eigenvalue weighted by Crippen LogP contribution is 2.15. The van der Waals surface area contributed by atoms with Crippen LogP contribution in [0.25, 0.3) is 11.0 Å². The molecule has 0 aliphatic heterocycles. The summed E-state index contributed by atoms with van der Waals surface area (Å²) in [6.45, 7) is 1.77. The molecule has 4 nitrogen and oxygen atoms in total. The van der Waals surface area contributed by atoms with Crippen LogP contribution in [0.5, 0.6) is 0 Å². The van der Waals surface area contributed by atoms with Crippen LogP contribution in [0.15, 0.2) is 30.6 Å². The fourth-order valence-corrected chi connectivity index (χ4v) is 1.40. The van der Waals surface area contributed by atoms with Gasteiger partial charge in [-0.3, -0.25) is 14.8 Å². The molecule has 82 valence electrons. The monoisotopic (exact) mass is 279 g/mol. The van der Waals surface area contributed by atoms with E-state index in [4.69, 9.17) is 0 Å². The molecule has 1 aromatic heterocycles. The number of hydrogen-bond donors (Lipinski definition) is 1. The van der Waals surface area contributed by atoms with E-state index in [1.54, 1.807) is 25.4 Å². The first-order chi connectivity index (χ1) is 7.66. The summed E-state index contributed by atoms with van der Waals surface area (Å²) in [4.78, 5) is 19.6. The van der Waals surface area contributed by atoms with E-state index in [0.717, 1.165) is 16.7 Å². The van der Waals surface area contributed by atoms with Gasteiger partial charge in [-0.25, -0.2) is 0 Å². The molecular weight excluding hydrogens is 270 g/mol. The molecule has 1 atom stereocenters. The summed E-state index contributed by atoms with van der Waals surface area (Å²) in [5.41, 5.74) is 2.30. The van der Waals surface area contributed by atoms with Crippen LogP contribution in [0, 0.1) is 0 Å². The van der Waals surface area contributed by atoms with Gasteiger partial charge < -0.3 is 5.32 Å². The molecule has 1 aromatic carbocycles.